The van der Waals surface area contributed by atoms with Crippen LogP contribution in [0.2, 0.25) is 0 Å². The highest BCUT2D eigenvalue weighted by atomic mass is 16.2. The molecule has 1 aromatic heterocycles. The zero-order chi connectivity index (χ0) is 22.7. The highest BCUT2D eigenvalue weighted by Gasteiger charge is 2.73. The highest BCUT2D eigenvalue weighted by molar-refractivity contribution is 5.92. The topological polar surface area (TPSA) is 96.9 Å². The van der Waals surface area contributed by atoms with Crippen molar-refractivity contribution in [3.05, 3.63) is 53.1 Å². The molecule has 2 unspecified atom stereocenters. The molecule has 2 aromatic rings. The summed E-state index contributed by atoms with van der Waals surface area (Å²) >= 11 is 0. The predicted octanol–water partition coefficient (Wildman–Crippen LogP) is 2.90. The third-order valence-corrected chi connectivity index (χ3v) is 8.53. The van der Waals surface area contributed by atoms with Gasteiger partial charge in [-0.25, -0.2) is 9.97 Å². The SMILES string of the molecule is CC12CCC(C(=O)N3CCN(c4ccccc4)CC3)(c3nc(C#N)c(C#N)nc31)C2(C)C. The first-order valence-corrected chi connectivity index (χ1v) is 11.1. The van der Waals surface area contributed by atoms with Gasteiger partial charge in [-0.3, -0.25) is 4.79 Å². The Hall–Kier alpha value is -3.45. The fourth-order valence-electron chi connectivity index (χ4n) is 6.19. The molecule has 32 heavy (non-hydrogen) atoms. The molecular formula is C25H26N6O. The maximum absolute atomic E-state index is 14.2. The molecule has 2 heterocycles. The summed E-state index contributed by atoms with van der Waals surface area (Å²) in [5.74, 6) is 0.0839. The number of carbonyl (C=O) groups is 1. The summed E-state index contributed by atoms with van der Waals surface area (Å²) in [7, 11) is 0. The molecule has 1 aromatic carbocycles. The number of nitriles is 2. The van der Waals surface area contributed by atoms with Crippen molar-refractivity contribution >= 4 is 11.6 Å². The van der Waals surface area contributed by atoms with Crippen molar-refractivity contribution < 1.29 is 4.79 Å². The number of amides is 1. The van der Waals surface area contributed by atoms with Crippen LogP contribution in [0.5, 0.6) is 0 Å². The quantitative estimate of drug-likeness (QED) is 0.732. The van der Waals surface area contributed by atoms with Crippen molar-refractivity contribution in [2.75, 3.05) is 31.1 Å². The van der Waals surface area contributed by atoms with Gasteiger partial charge in [-0.1, -0.05) is 39.0 Å². The Morgan fingerprint density at radius 2 is 1.50 bits per heavy atom. The predicted molar refractivity (Wildman–Crippen MR) is 119 cm³/mol. The molecule has 1 saturated heterocycles. The zero-order valence-corrected chi connectivity index (χ0v) is 18.7. The fraction of sp³-hybridized carbons (Fsp3) is 0.480. The van der Waals surface area contributed by atoms with E-state index in [9.17, 15) is 15.3 Å². The Labute approximate surface area is 188 Å². The Morgan fingerprint density at radius 1 is 0.906 bits per heavy atom. The van der Waals surface area contributed by atoms with Crippen LogP contribution >= 0.6 is 0 Å². The summed E-state index contributed by atoms with van der Waals surface area (Å²) < 4.78 is 0. The molecule has 7 nitrogen and oxygen atoms in total. The first-order chi connectivity index (χ1) is 15.3. The van der Waals surface area contributed by atoms with E-state index in [-0.39, 0.29) is 22.7 Å². The second kappa shape index (κ2) is 6.77. The summed E-state index contributed by atoms with van der Waals surface area (Å²) in [6.45, 7) is 9.22. The molecular weight excluding hydrogens is 400 g/mol. The van der Waals surface area contributed by atoms with Gasteiger partial charge in [0.25, 0.3) is 0 Å². The lowest BCUT2D eigenvalue weighted by Gasteiger charge is -2.44. The van der Waals surface area contributed by atoms with Crippen LogP contribution in [0.25, 0.3) is 0 Å². The molecule has 2 fully saturated rings. The van der Waals surface area contributed by atoms with E-state index in [1.165, 1.54) is 5.69 Å². The lowest BCUT2D eigenvalue weighted by Crippen LogP contribution is -2.57. The molecule has 1 saturated carbocycles. The Morgan fingerprint density at radius 3 is 2.09 bits per heavy atom. The zero-order valence-electron chi connectivity index (χ0n) is 18.7. The molecule has 7 heteroatoms. The van der Waals surface area contributed by atoms with E-state index in [1.807, 2.05) is 35.2 Å². The van der Waals surface area contributed by atoms with Gasteiger partial charge in [0.05, 0.1) is 16.8 Å². The number of nitrogens with zero attached hydrogens (tertiary/aromatic N) is 6. The number of hydrogen-bond acceptors (Lipinski definition) is 6. The van der Waals surface area contributed by atoms with Crippen molar-refractivity contribution in [1.29, 1.82) is 10.5 Å². The van der Waals surface area contributed by atoms with Crippen LogP contribution < -0.4 is 4.90 Å². The van der Waals surface area contributed by atoms with Crippen LogP contribution in [0.15, 0.2) is 30.3 Å². The number of anilines is 1. The summed E-state index contributed by atoms with van der Waals surface area (Å²) in [5.41, 5.74) is 0.967. The number of aromatic nitrogens is 2. The third kappa shape index (κ3) is 2.37. The van der Waals surface area contributed by atoms with Crippen molar-refractivity contribution in [1.82, 2.24) is 14.9 Å². The maximum Gasteiger partial charge on any atom is 0.235 e. The van der Waals surface area contributed by atoms with Crippen LogP contribution in [0, 0.1) is 28.1 Å². The Balaban J connectivity index is 1.52. The van der Waals surface area contributed by atoms with Gasteiger partial charge in [0, 0.05) is 37.3 Å². The van der Waals surface area contributed by atoms with Gasteiger partial charge in [0.15, 0.2) is 11.4 Å². The van der Waals surface area contributed by atoms with Crippen molar-refractivity contribution in [3.8, 4) is 12.1 Å². The highest BCUT2D eigenvalue weighted by Crippen LogP contribution is 2.70. The number of fused-ring (bicyclic) bond motifs is 5. The summed E-state index contributed by atoms with van der Waals surface area (Å²) in [6.07, 6.45) is 1.50. The first kappa shape index (κ1) is 20.5. The van der Waals surface area contributed by atoms with Gasteiger partial charge in [-0.15, -0.1) is 0 Å². The van der Waals surface area contributed by atoms with Crippen LogP contribution in [-0.2, 0) is 15.6 Å². The number of carbonyl (C=O) groups excluding carboxylic acids is 1. The van der Waals surface area contributed by atoms with E-state index >= 15 is 0 Å². The number of para-hydroxylation sites is 1. The number of piperazine rings is 1. The maximum atomic E-state index is 14.2. The lowest BCUT2D eigenvalue weighted by atomic mass is 9.63. The number of benzene rings is 1. The third-order valence-electron chi connectivity index (χ3n) is 8.53. The monoisotopic (exact) mass is 426 g/mol. The second-order valence-corrected chi connectivity index (χ2v) is 9.82. The molecule has 2 atom stereocenters. The molecule has 5 rings (SSSR count). The molecule has 162 valence electrons. The second-order valence-electron chi connectivity index (χ2n) is 9.82. The van der Waals surface area contributed by atoms with E-state index in [2.05, 4.69) is 47.8 Å². The Bertz CT molecular complexity index is 1190. The smallest absolute Gasteiger partial charge is 0.235 e. The van der Waals surface area contributed by atoms with Gasteiger partial charge in [-0.05, 0) is 30.4 Å². The standard InChI is InChI=1S/C25H26N6O/c1-23(2)24(3)9-10-25(23,21-20(24)28-18(15-26)19(16-27)29-21)22(32)31-13-11-30(12-14-31)17-7-5-4-6-8-17/h4-8H,9-14H2,1-3H3. The van der Waals surface area contributed by atoms with Gasteiger partial charge >= 0.3 is 0 Å². The van der Waals surface area contributed by atoms with Gasteiger partial charge < -0.3 is 9.80 Å². The van der Waals surface area contributed by atoms with Crippen molar-refractivity contribution in [2.45, 2.75) is 44.4 Å². The Kier molecular flexibility index (Phi) is 4.33. The largest absolute Gasteiger partial charge is 0.368 e. The molecule has 1 aliphatic heterocycles. The molecule has 0 N–H and O–H groups in total. The minimum Gasteiger partial charge on any atom is -0.368 e. The van der Waals surface area contributed by atoms with Crippen LogP contribution in [-0.4, -0.2) is 47.0 Å². The number of rotatable bonds is 2. The summed E-state index contributed by atoms with van der Waals surface area (Å²) in [4.78, 5) is 27.7. The van der Waals surface area contributed by atoms with E-state index in [4.69, 9.17) is 0 Å². The average molecular weight is 427 g/mol. The van der Waals surface area contributed by atoms with Crippen molar-refractivity contribution in [2.24, 2.45) is 5.41 Å². The van der Waals surface area contributed by atoms with Crippen molar-refractivity contribution in [3.63, 3.8) is 0 Å². The van der Waals surface area contributed by atoms with E-state index < -0.39 is 10.8 Å². The lowest BCUT2D eigenvalue weighted by molar-refractivity contribution is -0.141. The minimum atomic E-state index is -0.821. The summed E-state index contributed by atoms with van der Waals surface area (Å²) in [5, 5.41) is 19.0. The molecule has 1 amide bonds. The molecule has 3 aliphatic rings. The number of hydrogen-bond donors (Lipinski definition) is 0. The van der Waals surface area contributed by atoms with Gasteiger partial charge in [0.2, 0.25) is 5.91 Å². The normalized spacial score (nSPS) is 27.5. The van der Waals surface area contributed by atoms with E-state index in [0.29, 0.717) is 25.2 Å². The molecule has 0 radical (unpaired) electrons. The first-order valence-electron chi connectivity index (χ1n) is 11.1. The summed E-state index contributed by atoms with van der Waals surface area (Å²) in [6, 6.07) is 14.3. The molecule has 0 spiro atoms. The van der Waals surface area contributed by atoms with Crippen LogP contribution in [0.3, 0.4) is 0 Å². The van der Waals surface area contributed by atoms with E-state index in [0.717, 1.165) is 25.2 Å². The van der Waals surface area contributed by atoms with Crippen LogP contribution in [0.1, 0.15) is 56.4 Å². The minimum absolute atomic E-state index is 0.0132. The van der Waals surface area contributed by atoms with Gasteiger partial charge in [0.1, 0.15) is 12.1 Å². The molecule has 2 aliphatic carbocycles. The average Bonchev–Trinajstić information content (AvgIpc) is 3.13. The van der Waals surface area contributed by atoms with Gasteiger partial charge in [-0.2, -0.15) is 10.5 Å². The van der Waals surface area contributed by atoms with Crippen LogP contribution in [0.4, 0.5) is 5.69 Å². The molecule has 2 bridgehead atoms. The fourth-order valence-corrected chi connectivity index (χ4v) is 6.19. The van der Waals surface area contributed by atoms with E-state index in [1.54, 1.807) is 0 Å².